The highest BCUT2D eigenvalue weighted by molar-refractivity contribution is 5.82. The monoisotopic (exact) mass is 340 g/mol. The van der Waals surface area contributed by atoms with Gasteiger partial charge in [-0.3, -0.25) is 9.78 Å². The number of carbonyl (C=O) groups is 1. The van der Waals surface area contributed by atoms with E-state index in [4.69, 9.17) is 5.11 Å². The summed E-state index contributed by atoms with van der Waals surface area (Å²) in [7, 11) is 0. The van der Waals surface area contributed by atoms with Gasteiger partial charge in [0.15, 0.2) is 0 Å². The molecule has 1 amide bonds. The summed E-state index contributed by atoms with van der Waals surface area (Å²) in [5.74, 6) is -2.22. The Balaban J connectivity index is 2.13. The lowest BCUT2D eigenvalue weighted by molar-refractivity contribution is -0.175. The van der Waals surface area contributed by atoms with Crippen LogP contribution in [0, 0.1) is 0 Å². The molecule has 3 N–H and O–H groups in total. The molecular weight excluding hydrogens is 325 g/mol. The first kappa shape index (κ1) is 17.9. The van der Waals surface area contributed by atoms with Gasteiger partial charge in [-0.25, -0.2) is 0 Å². The predicted octanol–water partition coefficient (Wildman–Crippen LogP) is 1.82. The number of aromatic nitrogens is 1. The number of amides is 1. The molecule has 2 atom stereocenters. The molecule has 0 radical (unpaired) electrons. The zero-order valence-corrected chi connectivity index (χ0v) is 12.4. The molecule has 1 aromatic heterocycles. The van der Waals surface area contributed by atoms with E-state index in [1.807, 2.05) is 0 Å². The summed E-state index contributed by atoms with van der Waals surface area (Å²) >= 11 is 0. The molecule has 0 aliphatic rings. The van der Waals surface area contributed by atoms with Gasteiger partial charge in [0, 0.05) is 11.8 Å². The maximum absolute atomic E-state index is 12.3. The summed E-state index contributed by atoms with van der Waals surface area (Å²) in [6.45, 7) is -0.842. The summed E-state index contributed by atoms with van der Waals surface area (Å²) < 4.78 is 36.8. The van der Waals surface area contributed by atoms with Crippen molar-refractivity contribution in [2.24, 2.45) is 0 Å². The molecule has 0 fully saturated rings. The van der Waals surface area contributed by atoms with Crippen molar-refractivity contribution in [3.63, 3.8) is 0 Å². The maximum atomic E-state index is 12.3. The Labute approximate surface area is 135 Å². The second kappa shape index (κ2) is 7.41. The van der Waals surface area contributed by atoms with Crippen molar-refractivity contribution in [3.8, 4) is 11.3 Å². The SMILES string of the molecule is O=C(N[C@H](CO)[C@H](O)c1ccc(-c2ccccn2)cc1)C(F)(F)F. The van der Waals surface area contributed by atoms with Crippen LogP contribution in [0.1, 0.15) is 11.7 Å². The normalized spacial score (nSPS) is 14.0. The molecule has 0 saturated carbocycles. The largest absolute Gasteiger partial charge is 0.471 e. The molecule has 2 aromatic rings. The Kier molecular flexibility index (Phi) is 5.53. The van der Waals surface area contributed by atoms with Gasteiger partial charge in [-0.15, -0.1) is 0 Å². The van der Waals surface area contributed by atoms with Crippen LogP contribution < -0.4 is 5.32 Å². The Morgan fingerprint density at radius 2 is 1.83 bits per heavy atom. The highest BCUT2D eigenvalue weighted by Crippen LogP contribution is 2.23. The van der Waals surface area contributed by atoms with Crippen LogP contribution >= 0.6 is 0 Å². The van der Waals surface area contributed by atoms with Crippen LogP contribution in [-0.2, 0) is 4.79 Å². The minimum absolute atomic E-state index is 0.260. The van der Waals surface area contributed by atoms with Gasteiger partial charge in [-0.05, 0) is 17.7 Å². The van der Waals surface area contributed by atoms with E-state index >= 15 is 0 Å². The van der Waals surface area contributed by atoms with Crippen molar-refractivity contribution in [1.29, 1.82) is 0 Å². The van der Waals surface area contributed by atoms with Gasteiger partial charge in [-0.1, -0.05) is 30.3 Å². The van der Waals surface area contributed by atoms with E-state index in [1.54, 1.807) is 41.8 Å². The van der Waals surface area contributed by atoms with Gasteiger partial charge >= 0.3 is 12.1 Å². The molecule has 0 bridgehead atoms. The number of alkyl halides is 3. The fourth-order valence-electron chi connectivity index (χ4n) is 2.09. The first-order chi connectivity index (χ1) is 11.3. The summed E-state index contributed by atoms with van der Waals surface area (Å²) in [6, 6.07) is 10.2. The first-order valence-corrected chi connectivity index (χ1v) is 7.01. The molecule has 0 unspecified atom stereocenters. The van der Waals surface area contributed by atoms with E-state index in [0.29, 0.717) is 5.69 Å². The molecule has 5 nitrogen and oxygen atoms in total. The van der Waals surface area contributed by atoms with Crippen molar-refractivity contribution < 1.29 is 28.2 Å². The zero-order valence-electron chi connectivity index (χ0n) is 12.4. The highest BCUT2D eigenvalue weighted by atomic mass is 19.4. The van der Waals surface area contributed by atoms with Crippen molar-refractivity contribution in [3.05, 3.63) is 54.2 Å². The van der Waals surface area contributed by atoms with Gasteiger partial charge in [0.2, 0.25) is 0 Å². The van der Waals surface area contributed by atoms with Crippen LogP contribution in [0.4, 0.5) is 13.2 Å². The predicted molar refractivity (Wildman–Crippen MR) is 79.7 cm³/mol. The van der Waals surface area contributed by atoms with Gasteiger partial charge < -0.3 is 15.5 Å². The van der Waals surface area contributed by atoms with Crippen molar-refractivity contribution in [2.75, 3.05) is 6.61 Å². The number of pyridine rings is 1. The molecule has 1 heterocycles. The van der Waals surface area contributed by atoms with Crippen molar-refractivity contribution >= 4 is 5.91 Å². The fraction of sp³-hybridized carbons (Fsp3) is 0.250. The summed E-state index contributed by atoms with van der Waals surface area (Å²) in [6.07, 6.45) is -4.96. The lowest BCUT2D eigenvalue weighted by Gasteiger charge is -2.23. The van der Waals surface area contributed by atoms with Gasteiger partial charge in [0.25, 0.3) is 0 Å². The third-order valence-electron chi connectivity index (χ3n) is 3.36. The molecule has 128 valence electrons. The number of nitrogens with one attached hydrogen (secondary N) is 1. The van der Waals surface area contributed by atoms with E-state index in [-0.39, 0.29) is 5.56 Å². The maximum Gasteiger partial charge on any atom is 0.471 e. The molecule has 0 saturated heterocycles. The minimum atomic E-state index is -5.09. The van der Waals surface area contributed by atoms with E-state index < -0.39 is 30.8 Å². The average molecular weight is 340 g/mol. The molecule has 24 heavy (non-hydrogen) atoms. The number of rotatable bonds is 5. The van der Waals surface area contributed by atoms with Crippen molar-refractivity contribution in [1.82, 2.24) is 10.3 Å². The summed E-state index contributed by atoms with van der Waals surface area (Å²) in [5.41, 5.74) is 1.71. The molecule has 8 heteroatoms. The third-order valence-corrected chi connectivity index (χ3v) is 3.36. The average Bonchev–Trinajstić information content (AvgIpc) is 2.59. The summed E-state index contributed by atoms with van der Waals surface area (Å²) in [4.78, 5) is 15.1. The minimum Gasteiger partial charge on any atom is -0.394 e. The fourth-order valence-corrected chi connectivity index (χ4v) is 2.09. The molecule has 1 aromatic carbocycles. The van der Waals surface area contributed by atoms with E-state index in [0.717, 1.165) is 5.56 Å². The Morgan fingerprint density at radius 3 is 2.33 bits per heavy atom. The van der Waals surface area contributed by atoms with Gasteiger partial charge in [0.05, 0.1) is 18.3 Å². The van der Waals surface area contributed by atoms with Crippen LogP contribution in [0.3, 0.4) is 0 Å². The molecular formula is C16H15F3N2O3. The number of nitrogens with zero attached hydrogens (tertiary/aromatic N) is 1. The van der Waals surface area contributed by atoms with Crippen LogP contribution in [0.2, 0.25) is 0 Å². The topological polar surface area (TPSA) is 82.5 Å². The second-order valence-electron chi connectivity index (χ2n) is 5.04. The van der Waals surface area contributed by atoms with E-state index in [9.17, 15) is 23.1 Å². The number of halogens is 3. The number of benzene rings is 1. The molecule has 2 rings (SSSR count). The number of aliphatic hydroxyl groups excluding tert-OH is 2. The molecule has 0 aliphatic carbocycles. The standard InChI is InChI=1S/C16H15F3N2O3/c17-16(18,19)15(24)21-13(9-22)14(23)11-6-4-10(5-7-11)12-3-1-2-8-20-12/h1-8,13-14,22-23H,9H2,(H,21,24)/t13-,14-/m1/s1. The van der Waals surface area contributed by atoms with E-state index in [1.165, 1.54) is 12.1 Å². The second-order valence-corrected chi connectivity index (χ2v) is 5.04. The summed E-state index contributed by atoms with van der Waals surface area (Å²) in [5, 5.41) is 20.8. The van der Waals surface area contributed by atoms with Gasteiger partial charge in [-0.2, -0.15) is 13.2 Å². The lowest BCUT2D eigenvalue weighted by Crippen LogP contribution is -2.47. The lowest BCUT2D eigenvalue weighted by atomic mass is 10.00. The van der Waals surface area contributed by atoms with Crippen LogP contribution in [-0.4, -0.2) is 39.9 Å². The van der Waals surface area contributed by atoms with Crippen molar-refractivity contribution in [2.45, 2.75) is 18.3 Å². The Morgan fingerprint density at radius 1 is 1.17 bits per heavy atom. The Hall–Kier alpha value is -2.45. The van der Waals surface area contributed by atoms with Crippen LogP contribution in [0.15, 0.2) is 48.7 Å². The highest BCUT2D eigenvalue weighted by Gasteiger charge is 2.40. The quantitative estimate of drug-likeness (QED) is 0.775. The number of aliphatic hydroxyl groups is 2. The first-order valence-electron chi connectivity index (χ1n) is 7.01. The molecule has 0 aliphatic heterocycles. The number of carbonyl (C=O) groups excluding carboxylic acids is 1. The van der Waals surface area contributed by atoms with Crippen LogP contribution in [0.5, 0.6) is 0 Å². The zero-order chi connectivity index (χ0) is 17.7. The number of hydrogen-bond acceptors (Lipinski definition) is 4. The smallest absolute Gasteiger partial charge is 0.394 e. The number of hydrogen-bond donors (Lipinski definition) is 3. The molecule has 0 spiro atoms. The van der Waals surface area contributed by atoms with Gasteiger partial charge in [0.1, 0.15) is 6.10 Å². The third kappa shape index (κ3) is 4.30. The van der Waals surface area contributed by atoms with E-state index in [2.05, 4.69) is 4.98 Å². The van der Waals surface area contributed by atoms with Crippen LogP contribution in [0.25, 0.3) is 11.3 Å². The Bertz CT molecular complexity index is 675.